The third-order valence-corrected chi connectivity index (χ3v) is 4.92. The van der Waals surface area contributed by atoms with Crippen LogP contribution in [0.2, 0.25) is 0 Å². The normalized spacial score (nSPS) is 12.7. The van der Waals surface area contributed by atoms with E-state index in [-0.39, 0.29) is 5.69 Å². The molecule has 0 aliphatic carbocycles. The Morgan fingerprint density at radius 1 is 1.13 bits per heavy atom. The Bertz CT molecular complexity index is 1270. The van der Waals surface area contributed by atoms with Gasteiger partial charge < -0.3 is 21.1 Å². The summed E-state index contributed by atoms with van der Waals surface area (Å²) in [7, 11) is 0. The molecule has 4 N–H and O–H groups in total. The van der Waals surface area contributed by atoms with Gasteiger partial charge in [0, 0.05) is 35.5 Å². The van der Waals surface area contributed by atoms with Crippen LogP contribution in [0.15, 0.2) is 37.2 Å². The van der Waals surface area contributed by atoms with Gasteiger partial charge in [0.25, 0.3) is 0 Å². The Kier molecular flexibility index (Phi) is 4.24. The fourth-order valence-corrected chi connectivity index (χ4v) is 3.42. The summed E-state index contributed by atoms with van der Waals surface area (Å²) < 4.78 is 20.7. The average molecular weight is 404 g/mol. The molecule has 0 saturated heterocycles. The minimum atomic E-state index is -0.537. The zero-order valence-corrected chi connectivity index (χ0v) is 16.0. The SMILES string of the molecule is Cc1c(-c2cc3nc(Nc4cncnc4)ncc3c(N)c2F)cnc2c1NCCO2. The molecule has 1 aliphatic heterocycles. The van der Waals surface area contributed by atoms with Gasteiger partial charge in [-0.1, -0.05) is 0 Å². The molecule has 5 rings (SSSR count). The second-order valence-electron chi connectivity index (χ2n) is 6.78. The number of nitrogen functional groups attached to an aromatic ring is 1. The molecule has 10 heteroatoms. The van der Waals surface area contributed by atoms with Crippen molar-refractivity contribution in [2.24, 2.45) is 0 Å². The van der Waals surface area contributed by atoms with Crippen LogP contribution >= 0.6 is 0 Å². The van der Waals surface area contributed by atoms with Crippen molar-refractivity contribution in [3.63, 3.8) is 0 Å². The van der Waals surface area contributed by atoms with Gasteiger partial charge >= 0.3 is 0 Å². The van der Waals surface area contributed by atoms with Crippen LogP contribution < -0.4 is 21.1 Å². The van der Waals surface area contributed by atoms with Crippen molar-refractivity contribution in [1.29, 1.82) is 0 Å². The van der Waals surface area contributed by atoms with E-state index < -0.39 is 5.82 Å². The topological polar surface area (TPSA) is 124 Å². The zero-order valence-electron chi connectivity index (χ0n) is 16.0. The first kappa shape index (κ1) is 18.0. The Balaban J connectivity index is 1.63. The molecule has 0 amide bonds. The second-order valence-corrected chi connectivity index (χ2v) is 6.78. The number of halogens is 1. The third kappa shape index (κ3) is 2.98. The highest BCUT2D eigenvalue weighted by molar-refractivity contribution is 5.96. The van der Waals surface area contributed by atoms with Crippen LogP contribution in [0.1, 0.15) is 5.56 Å². The summed E-state index contributed by atoms with van der Waals surface area (Å²) in [6.07, 6.45) is 7.71. The molecule has 4 heterocycles. The number of hydrogen-bond donors (Lipinski definition) is 3. The van der Waals surface area contributed by atoms with Gasteiger partial charge in [-0.15, -0.1) is 0 Å². The molecule has 9 nitrogen and oxygen atoms in total. The smallest absolute Gasteiger partial charge is 0.237 e. The predicted octanol–water partition coefficient (Wildman–Crippen LogP) is 3.06. The number of nitrogens with one attached hydrogen (secondary N) is 2. The number of ether oxygens (including phenoxy) is 1. The lowest BCUT2D eigenvalue weighted by molar-refractivity contribution is 0.310. The van der Waals surface area contributed by atoms with Crippen LogP contribution in [-0.2, 0) is 0 Å². The molecule has 0 spiro atoms. The first-order chi connectivity index (χ1) is 14.6. The number of fused-ring (bicyclic) bond motifs is 2. The molecule has 0 fully saturated rings. The Morgan fingerprint density at radius 2 is 1.97 bits per heavy atom. The average Bonchev–Trinajstić information content (AvgIpc) is 2.78. The molecule has 4 aromatic rings. The van der Waals surface area contributed by atoms with Gasteiger partial charge in [-0.05, 0) is 18.6 Å². The van der Waals surface area contributed by atoms with E-state index >= 15 is 4.39 Å². The first-order valence-electron chi connectivity index (χ1n) is 9.25. The van der Waals surface area contributed by atoms with Crippen molar-refractivity contribution in [2.45, 2.75) is 6.92 Å². The largest absolute Gasteiger partial charge is 0.474 e. The first-order valence-corrected chi connectivity index (χ1v) is 9.25. The van der Waals surface area contributed by atoms with E-state index in [1.807, 2.05) is 6.92 Å². The Morgan fingerprint density at radius 3 is 2.80 bits per heavy atom. The highest BCUT2D eigenvalue weighted by Crippen LogP contribution is 2.39. The highest BCUT2D eigenvalue weighted by Gasteiger charge is 2.21. The minimum Gasteiger partial charge on any atom is -0.474 e. The molecule has 0 atom stereocenters. The van der Waals surface area contributed by atoms with Gasteiger partial charge in [-0.3, -0.25) is 0 Å². The summed E-state index contributed by atoms with van der Waals surface area (Å²) in [4.78, 5) is 20.9. The van der Waals surface area contributed by atoms with Crippen LogP contribution in [0.5, 0.6) is 5.88 Å². The molecule has 0 unspecified atom stereocenters. The van der Waals surface area contributed by atoms with Gasteiger partial charge in [0.1, 0.15) is 18.6 Å². The van der Waals surface area contributed by atoms with Gasteiger partial charge in [0.15, 0.2) is 5.82 Å². The van der Waals surface area contributed by atoms with E-state index in [1.165, 1.54) is 12.5 Å². The molecule has 0 saturated carbocycles. The van der Waals surface area contributed by atoms with Crippen molar-refractivity contribution >= 4 is 33.9 Å². The summed E-state index contributed by atoms with van der Waals surface area (Å²) in [5.74, 6) is 0.296. The van der Waals surface area contributed by atoms with Crippen LogP contribution in [0, 0.1) is 12.7 Å². The van der Waals surface area contributed by atoms with Crippen molar-refractivity contribution in [2.75, 3.05) is 29.5 Å². The van der Waals surface area contributed by atoms with Crippen molar-refractivity contribution in [1.82, 2.24) is 24.9 Å². The Labute approximate surface area is 170 Å². The Hall–Kier alpha value is -4.08. The molecule has 30 heavy (non-hydrogen) atoms. The number of hydrogen-bond acceptors (Lipinski definition) is 9. The van der Waals surface area contributed by atoms with Crippen molar-refractivity contribution in [3.05, 3.63) is 48.6 Å². The summed E-state index contributed by atoms with van der Waals surface area (Å²) in [5, 5.41) is 6.71. The third-order valence-electron chi connectivity index (χ3n) is 4.92. The molecule has 3 aromatic heterocycles. The summed E-state index contributed by atoms with van der Waals surface area (Å²) >= 11 is 0. The fourth-order valence-electron chi connectivity index (χ4n) is 3.42. The summed E-state index contributed by atoms with van der Waals surface area (Å²) in [6, 6.07) is 1.65. The fraction of sp³-hybridized carbons (Fsp3) is 0.150. The number of benzene rings is 1. The van der Waals surface area contributed by atoms with Gasteiger partial charge in [0.2, 0.25) is 11.8 Å². The molecular weight excluding hydrogens is 387 g/mol. The van der Waals surface area contributed by atoms with E-state index in [1.54, 1.807) is 24.7 Å². The van der Waals surface area contributed by atoms with E-state index in [0.717, 1.165) is 11.3 Å². The number of aromatic nitrogens is 5. The monoisotopic (exact) mass is 404 g/mol. The van der Waals surface area contributed by atoms with Crippen LogP contribution in [0.4, 0.5) is 27.4 Å². The number of anilines is 4. The molecular formula is C20H17FN8O. The van der Waals surface area contributed by atoms with Crippen LogP contribution in [-0.4, -0.2) is 38.1 Å². The van der Waals surface area contributed by atoms with Gasteiger partial charge in [0.05, 0.1) is 29.3 Å². The molecule has 1 aliphatic rings. The summed E-state index contributed by atoms with van der Waals surface area (Å²) in [5.41, 5.74) is 9.71. The van der Waals surface area contributed by atoms with Gasteiger partial charge in [-0.2, -0.15) is 0 Å². The maximum Gasteiger partial charge on any atom is 0.237 e. The lowest BCUT2D eigenvalue weighted by atomic mass is 9.98. The highest BCUT2D eigenvalue weighted by atomic mass is 19.1. The van der Waals surface area contributed by atoms with E-state index in [9.17, 15) is 0 Å². The molecule has 0 radical (unpaired) electrons. The lowest BCUT2D eigenvalue weighted by Gasteiger charge is -2.22. The second kappa shape index (κ2) is 7.07. The minimum absolute atomic E-state index is 0.0153. The number of nitrogens with zero attached hydrogens (tertiary/aromatic N) is 5. The van der Waals surface area contributed by atoms with Crippen molar-refractivity contribution < 1.29 is 9.13 Å². The van der Waals surface area contributed by atoms with E-state index in [2.05, 4.69) is 35.6 Å². The maximum atomic E-state index is 15.2. The molecule has 1 aromatic carbocycles. The number of nitrogens with two attached hydrogens (primary N) is 1. The number of pyridine rings is 1. The zero-order chi connectivity index (χ0) is 20.7. The summed E-state index contributed by atoms with van der Waals surface area (Å²) in [6.45, 7) is 3.09. The van der Waals surface area contributed by atoms with E-state index in [4.69, 9.17) is 10.5 Å². The predicted molar refractivity (Wildman–Crippen MR) is 111 cm³/mol. The van der Waals surface area contributed by atoms with Crippen molar-refractivity contribution in [3.8, 4) is 17.0 Å². The van der Waals surface area contributed by atoms with Crippen LogP contribution in [0.25, 0.3) is 22.0 Å². The van der Waals surface area contributed by atoms with Crippen LogP contribution in [0.3, 0.4) is 0 Å². The molecule has 0 bridgehead atoms. The number of rotatable bonds is 3. The maximum absolute atomic E-state index is 15.2. The quantitative estimate of drug-likeness (QED) is 0.442. The standard InChI is InChI=1S/C20H17FN8O/c1-10-13(7-26-19-18(10)25-2-3-30-19)12-4-15-14(17(22)16(12)21)8-27-20(29-15)28-11-5-23-9-24-6-11/h4-9,25H,2-3,22H2,1H3,(H,27,28,29). The molecule has 150 valence electrons. The van der Waals surface area contributed by atoms with Gasteiger partial charge in [-0.25, -0.2) is 29.3 Å². The van der Waals surface area contributed by atoms with E-state index in [0.29, 0.717) is 52.7 Å². The lowest BCUT2D eigenvalue weighted by Crippen LogP contribution is -2.20.